The molecule has 1 heterocycles. The molecule has 0 amide bonds. The lowest BCUT2D eigenvalue weighted by Gasteiger charge is -2.06. The monoisotopic (exact) mass is 202 g/mol. The first-order chi connectivity index (χ1) is 6.25. The van der Waals surface area contributed by atoms with Crippen molar-refractivity contribution in [1.82, 2.24) is 9.97 Å². The molecule has 0 saturated heterocycles. The van der Waals surface area contributed by atoms with E-state index < -0.39 is 0 Å². The van der Waals surface area contributed by atoms with Gasteiger partial charge < -0.3 is 9.84 Å². The molecule has 1 aromatic rings. The summed E-state index contributed by atoms with van der Waals surface area (Å²) in [6.45, 7) is 2.33. The topological polar surface area (TPSA) is 55.2 Å². The van der Waals surface area contributed by atoms with E-state index in [1.165, 1.54) is 6.33 Å². The summed E-state index contributed by atoms with van der Waals surface area (Å²) in [6, 6.07) is 0. The number of aliphatic hydroxyl groups is 1. The molecule has 0 unspecified atom stereocenters. The van der Waals surface area contributed by atoms with Crippen LogP contribution in [0.5, 0.6) is 5.88 Å². The standard InChI is InChI=1S/C8H11ClN2O2/c1-6-7(9)10-5-11-8(6)13-4-2-3-12/h5,12H,2-4H2,1H3. The second-order valence-electron chi connectivity index (χ2n) is 2.52. The largest absolute Gasteiger partial charge is 0.477 e. The number of ether oxygens (including phenoxy) is 1. The molecule has 0 aliphatic rings. The van der Waals surface area contributed by atoms with Gasteiger partial charge >= 0.3 is 0 Å². The fourth-order valence-corrected chi connectivity index (χ4v) is 0.917. The summed E-state index contributed by atoms with van der Waals surface area (Å²) >= 11 is 5.75. The first-order valence-electron chi connectivity index (χ1n) is 3.96. The van der Waals surface area contributed by atoms with Crippen LogP contribution in [0.3, 0.4) is 0 Å². The minimum absolute atomic E-state index is 0.109. The molecular formula is C8H11ClN2O2. The molecule has 0 radical (unpaired) electrons. The van der Waals surface area contributed by atoms with Crippen LogP contribution in [0, 0.1) is 6.92 Å². The lowest BCUT2D eigenvalue weighted by molar-refractivity contribution is 0.228. The third kappa shape index (κ3) is 2.82. The molecule has 0 saturated carbocycles. The van der Waals surface area contributed by atoms with E-state index in [0.29, 0.717) is 24.1 Å². The maximum atomic E-state index is 8.53. The van der Waals surface area contributed by atoms with E-state index >= 15 is 0 Å². The van der Waals surface area contributed by atoms with E-state index in [-0.39, 0.29) is 6.61 Å². The molecule has 0 aliphatic carbocycles. The Morgan fingerprint density at radius 1 is 1.54 bits per heavy atom. The van der Waals surface area contributed by atoms with E-state index in [1.54, 1.807) is 6.92 Å². The number of rotatable bonds is 4. The van der Waals surface area contributed by atoms with Gasteiger partial charge in [-0.25, -0.2) is 9.97 Å². The van der Waals surface area contributed by atoms with Crippen LogP contribution in [0.4, 0.5) is 0 Å². The van der Waals surface area contributed by atoms with E-state index in [0.717, 1.165) is 5.56 Å². The lowest BCUT2D eigenvalue weighted by atomic mass is 10.4. The van der Waals surface area contributed by atoms with Crippen molar-refractivity contribution in [3.8, 4) is 5.88 Å². The Morgan fingerprint density at radius 2 is 2.31 bits per heavy atom. The van der Waals surface area contributed by atoms with Crippen molar-refractivity contribution in [3.05, 3.63) is 17.0 Å². The van der Waals surface area contributed by atoms with Crippen LogP contribution >= 0.6 is 11.6 Å². The van der Waals surface area contributed by atoms with Gasteiger partial charge in [0.25, 0.3) is 0 Å². The smallest absolute Gasteiger partial charge is 0.220 e. The van der Waals surface area contributed by atoms with E-state index in [1.807, 2.05) is 0 Å². The number of hydrogen-bond acceptors (Lipinski definition) is 4. The van der Waals surface area contributed by atoms with Gasteiger partial charge in [0.1, 0.15) is 11.5 Å². The van der Waals surface area contributed by atoms with Crippen LogP contribution in [-0.2, 0) is 0 Å². The zero-order valence-corrected chi connectivity index (χ0v) is 8.08. The van der Waals surface area contributed by atoms with Crippen molar-refractivity contribution in [2.45, 2.75) is 13.3 Å². The summed E-state index contributed by atoms with van der Waals surface area (Å²) in [7, 11) is 0. The molecule has 1 rings (SSSR count). The number of hydrogen-bond donors (Lipinski definition) is 1. The number of aliphatic hydroxyl groups excluding tert-OH is 1. The van der Waals surface area contributed by atoms with Crippen LogP contribution in [0.25, 0.3) is 0 Å². The first-order valence-corrected chi connectivity index (χ1v) is 4.34. The Kier molecular flexibility index (Phi) is 3.92. The normalized spacial score (nSPS) is 10.1. The maximum absolute atomic E-state index is 8.53. The molecule has 0 atom stereocenters. The van der Waals surface area contributed by atoms with Gasteiger partial charge in [0.05, 0.1) is 6.61 Å². The summed E-state index contributed by atoms with van der Waals surface area (Å²) < 4.78 is 5.26. The predicted octanol–water partition coefficient (Wildman–Crippen LogP) is 1.20. The Bertz CT molecular complexity index is 281. The molecule has 4 nitrogen and oxygen atoms in total. The quantitative estimate of drug-likeness (QED) is 0.589. The zero-order chi connectivity index (χ0) is 9.68. The molecule has 0 fully saturated rings. The van der Waals surface area contributed by atoms with Crippen molar-refractivity contribution >= 4 is 11.6 Å². The fourth-order valence-electron chi connectivity index (χ4n) is 0.793. The number of nitrogens with zero attached hydrogens (tertiary/aromatic N) is 2. The van der Waals surface area contributed by atoms with Gasteiger partial charge in [0, 0.05) is 18.6 Å². The molecule has 1 aromatic heterocycles. The van der Waals surface area contributed by atoms with Crippen LogP contribution in [0.2, 0.25) is 5.15 Å². The maximum Gasteiger partial charge on any atom is 0.220 e. The van der Waals surface area contributed by atoms with Gasteiger partial charge in [-0.15, -0.1) is 0 Å². The SMILES string of the molecule is Cc1c(Cl)ncnc1OCCCO. The minimum atomic E-state index is 0.109. The van der Waals surface area contributed by atoms with Crippen molar-refractivity contribution < 1.29 is 9.84 Å². The molecule has 72 valence electrons. The highest BCUT2D eigenvalue weighted by atomic mass is 35.5. The fraction of sp³-hybridized carbons (Fsp3) is 0.500. The summed E-state index contributed by atoms with van der Waals surface area (Å²) in [5.74, 6) is 0.480. The van der Waals surface area contributed by atoms with Crippen molar-refractivity contribution in [3.63, 3.8) is 0 Å². The van der Waals surface area contributed by atoms with Crippen LogP contribution in [0.15, 0.2) is 6.33 Å². The number of aromatic nitrogens is 2. The summed E-state index contributed by atoms with van der Waals surface area (Å²) in [4.78, 5) is 7.70. The highest BCUT2D eigenvalue weighted by molar-refractivity contribution is 6.30. The van der Waals surface area contributed by atoms with Crippen LogP contribution in [-0.4, -0.2) is 28.3 Å². The van der Waals surface area contributed by atoms with Crippen molar-refractivity contribution in [2.75, 3.05) is 13.2 Å². The Hall–Kier alpha value is -0.870. The molecule has 1 N–H and O–H groups in total. The number of halogens is 1. The van der Waals surface area contributed by atoms with Gasteiger partial charge in [-0.3, -0.25) is 0 Å². The molecule has 0 aromatic carbocycles. The highest BCUT2D eigenvalue weighted by Gasteiger charge is 2.04. The van der Waals surface area contributed by atoms with Crippen molar-refractivity contribution in [1.29, 1.82) is 0 Å². The van der Waals surface area contributed by atoms with Crippen LogP contribution < -0.4 is 4.74 Å². The van der Waals surface area contributed by atoms with E-state index in [4.69, 9.17) is 21.4 Å². The van der Waals surface area contributed by atoms with Crippen molar-refractivity contribution in [2.24, 2.45) is 0 Å². The molecule has 0 bridgehead atoms. The van der Waals surface area contributed by atoms with Gasteiger partial charge in [-0.05, 0) is 6.92 Å². The molecule has 5 heteroatoms. The highest BCUT2D eigenvalue weighted by Crippen LogP contribution is 2.19. The Morgan fingerprint density at radius 3 is 3.00 bits per heavy atom. The zero-order valence-electron chi connectivity index (χ0n) is 7.33. The van der Waals surface area contributed by atoms with Gasteiger partial charge in [-0.2, -0.15) is 0 Å². The van der Waals surface area contributed by atoms with Gasteiger partial charge in [-0.1, -0.05) is 11.6 Å². The molecule has 0 spiro atoms. The second kappa shape index (κ2) is 4.99. The summed E-state index contributed by atoms with van der Waals surface area (Å²) in [6.07, 6.45) is 1.94. The lowest BCUT2D eigenvalue weighted by Crippen LogP contribution is -2.03. The van der Waals surface area contributed by atoms with Gasteiger partial charge in [0.15, 0.2) is 0 Å². The third-order valence-electron chi connectivity index (χ3n) is 1.52. The molecular weight excluding hydrogens is 192 g/mol. The molecule has 13 heavy (non-hydrogen) atoms. The Labute approximate surface area is 81.5 Å². The van der Waals surface area contributed by atoms with E-state index in [2.05, 4.69) is 9.97 Å². The van der Waals surface area contributed by atoms with Crippen LogP contribution in [0.1, 0.15) is 12.0 Å². The van der Waals surface area contributed by atoms with E-state index in [9.17, 15) is 0 Å². The average molecular weight is 203 g/mol. The Balaban J connectivity index is 2.61. The predicted molar refractivity (Wildman–Crippen MR) is 49.0 cm³/mol. The second-order valence-corrected chi connectivity index (χ2v) is 2.88. The minimum Gasteiger partial charge on any atom is -0.477 e. The summed E-state index contributed by atoms with van der Waals surface area (Å²) in [5, 5.41) is 8.93. The van der Waals surface area contributed by atoms with Gasteiger partial charge in [0.2, 0.25) is 5.88 Å². The molecule has 0 aliphatic heterocycles. The third-order valence-corrected chi connectivity index (χ3v) is 1.90. The summed E-state index contributed by atoms with van der Waals surface area (Å²) in [5.41, 5.74) is 0.724. The average Bonchev–Trinajstić information content (AvgIpc) is 2.13. The first kappa shape index (κ1) is 10.2.